The summed E-state index contributed by atoms with van der Waals surface area (Å²) in [5.74, 6) is 0.0568. The Kier molecular flexibility index (Phi) is 4.02. The van der Waals surface area contributed by atoms with Crippen LogP contribution in [0.25, 0.3) is 0 Å². The molecule has 1 saturated heterocycles. The van der Waals surface area contributed by atoms with Crippen molar-refractivity contribution >= 4 is 17.6 Å². The number of hydrogen-bond acceptors (Lipinski definition) is 3. The first kappa shape index (κ1) is 14.2. The standard InChI is InChI=1S/C14H18ClNO3/c1-14(13(17)18)5-6-16(9-14)8-10-7-11(15)3-4-12(10)19-2/h3-4,7H,5-6,8-9H2,1-2H3,(H,17,18). The second kappa shape index (κ2) is 5.39. The lowest BCUT2D eigenvalue weighted by Crippen LogP contribution is -2.31. The lowest BCUT2D eigenvalue weighted by Gasteiger charge is -2.21. The van der Waals surface area contributed by atoms with Gasteiger partial charge >= 0.3 is 5.97 Å². The Morgan fingerprint density at radius 1 is 1.58 bits per heavy atom. The maximum absolute atomic E-state index is 11.2. The van der Waals surface area contributed by atoms with E-state index in [-0.39, 0.29) is 0 Å². The average molecular weight is 284 g/mol. The molecule has 0 amide bonds. The number of aliphatic carboxylic acids is 1. The summed E-state index contributed by atoms with van der Waals surface area (Å²) in [5.41, 5.74) is 0.343. The molecule has 1 fully saturated rings. The number of carboxylic acid groups (broad SMARTS) is 1. The summed E-state index contributed by atoms with van der Waals surface area (Å²) in [7, 11) is 1.62. The van der Waals surface area contributed by atoms with Gasteiger partial charge in [0.25, 0.3) is 0 Å². The van der Waals surface area contributed by atoms with Crippen molar-refractivity contribution in [2.75, 3.05) is 20.2 Å². The summed E-state index contributed by atoms with van der Waals surface area (Å²) in [5, 5.41) is 9.89. The molecule has 19 heavy (non-hydrogen) atoms. The van der Waals surface area contributed by atoms with E-state index in [1.165, 1.54) is 0 Å². The molecule has 4 nitrogen and oxygen atoms in total. The second-order valence-corrected chi connectivity index (χ2v) is 5.72. The van der Waals surface area contributed by atoms with Crippen LogP contribution in [0.5, 0.6) is 5.75 Å². The molecule has 5 heteroatoms. The first-order valence-corrected chi connectivity index (χ1v) is 6.60. The van der Waals surface area contributed by atoms with E-state index in [0.29, 0.717) is 24.5 Å². The molecular weight excluding hydrogens is 266 g/mol. The molecule has 0 spiro atoms. The minimum absolute atomic E-state index is 0.554. The molecule has 1 N–H and O–H groups in total. The average Bonchev–Trinajstić information content (AvgIpc) is 2.73. The number of ether oxygens (including phenoxy) is 1. The summed E-state index contributed by atoms with van der Waals surface area (Å²) in [6.07, 6.45) is 0.672. The van der Waals surface area contributed by atoms with Crippen molar-refractivity contribution in [1.29, 1.82) is 0 Å². The number of rotatable bonds is 4. The monoisotopic (exact) mass is 283 g/mol. The van der Waals surface area contributed by atoms with Crippen LogP contribution >= 0.6 is 11.6 Å². The zero-order chi connectivity index (χ0) is 14.0. The van der Waals surface area contributed by atoms with Gasteiger partial charge in [-0.15, -0.1) is 0 Å². The fourth-order valence-corrected chi connectivity index (χ4v) is 2.67. The number of carboxylic acids is 1. The largest absolute Gasteiger partial charge is 0.496 e. The van der Waals surface area contributed by atoms with Gasteiger partial charge in [0.15, 0.2) is 0 Å². The number of likely N-dealkylation sites (tertiary alicyclic amines) is 1. The van der Waals surface area contributed by atoms with Gasteiger partial charge in [-0.05, 0) is 38.1 Å². The van der Waals surface area contributed by atoms with Gasteiger partial charge in [-0.3, -0.25) is 9.69 Å². The molecule has 1 aliphatic heterocycles. The third-order valence-electron chi connectivity index (χ3n) is 3.71. The van der Waals surface area contributed by atoms with Crippen LogP contribution < -0.4 is 4.74 Å². The quantitative estimate of drug-likeness (QED) is 0.923. The zero-order valence-electron chi connectivity index (χ0n) is 11.1. The third-order valence-corrected chi connectivity index (χ3v) is 3.94. The van der Waals surface area contributed by atoms with E-state index in [1.807, 2.05) is 12.1 Å². The summed E-state index contributed by atoms with van der Waals surface area (Å²) in [6, 6.07) is 5.50. The highest BCUT2D eigenvalue weighted by Gasteiger charge is 2.40. The predicted molar refractivity (Wildman–Crippen MR) is 73.6 cm³/mol. The number of halogens is 1. The molecule has 1 heterocycles. The predicted octanol–water partition coefficient (Wildman–Crippen LogP) is 2.65. The van der Waals surface area contributed by atoms with Crippen molar-refractivity contribution in [3.8, 4) is 5.75 Å². The molecular formula is C14H18ClNO3. The fraction of sp³-hybridized carbons (Fsp3) is 0.500. The maximum Gasteiger partial charge on any atom is 0.310 e. The molecule has 1 aliphatic rings. The van der Waals surface area contributed by atoms with Crippen LogP contribution in [0.1, 0.15) is 18.9 Å². The Bertz CT molecular complexity index is 492. The Morgan fingerprint density at radius 3 is 2.89 bits per heavy atom. The molecule has 0 aliphatic carbocycles. The Hall–Kier alpha value is -1.26. The summed E-state index contributed by atoms with van der Waals surface area (Å²) < 4.78 is 5.31. The fourth-order valence-electron chi connectivity index (χ4n) is 2.48. The van der Waals surface area contributed by atoms with E-state index in [9.17, 15) is 9.90 Å². The molecule has 1 aromatic carbocycles. The SMILES string of the molecule is COc1ccc(Cl)cc1CN1CCC(C)(C(=O)O)C1. The van der Waals surface area contributed by atoms with Crippen LogP contribution in [0, 0.1) is 5.41 Å². The van der Waals surface area contributed by atoms with Crippen LogP contribution in [0.4, 0.5) is 0 Å². The van der Waals surface area contributed by atoms with Crippen molar-refractivity contribution < 1.29 is 14.6 Å². The summed E-state index contributed by atoms with van der Waals surface area (Å²) in [4.78, 5) is 13.4. The van der Waals surface area contributed by atoms with Crippen molar-refractivity contribution in [3.63, 3.8) is 0 Å². The zero-order valence-corrected chi connectivity index (χ0v) is 11.9. The first-order valence-electron chi connectivity index (χ1n) is 6.23. The van der Waals surface area contributed by atoms with E-state index in [0.717, 1.165) is 17.9 Å². The lowest BCUT2D eigenvalue weighted by molar-refractivity contribution is -0.147. The number of carbonyl (C=O) groups is 1. The molecule has 0 radical (unpaired) electrons. The van der Waals surface area contributed by atoms with Crippen LogP contribution in [0.2, 0.25) is 5.02 Å². The third kappa shape index (κ3) is 3.01. The van der Waals surface area contributed by atoms with E-state index in [4.69, 9.17) is 16.3 Å². The minimum atomic E-state index is -0.729. The highest BCUT2D eigenvalue weighted by Crippen LogP contribution is 2.32. The Balaban J connectivity index is 2.11. The number of hydrogen-bond donors (Lipinski definition) is 1. The van der Waals surface area contributed by atoms with Gasteiger partial charge < -0.3 is 9.84 Å². The van der Waals surface area contributed by atoms with Gasteiger partial charge in [0.2, 0.25) is 0 Å². The highest BCUT2D eigenvalue weighted by atomic mass is 35.5. The number of nitrogens with zero attached hydrogens (tertiary/aromatic N) is 1. The van der Waals surface area contributed by atoms with Gasteiger partial charge in [0.05, 0.1) is 12.5 Å². The van der Waals surface area contributed by atoms with E-state index >= 15 is 0 Å². The Labute approximate surface area is 117 Å². The second-order valence-electron chi connectivity index (χ2n) is 5.28. The summed E-state index contributed by atoms with van der Waals surface area (Å²) >= 11 is 6.00. The lowest BCUT2D eigenvalue weighted by atomic mass is 9.90. The van der Waals surface area contributed by atoms with Gasteiger partial charge in [0, 0.05) is 23.7 Å². The van der Waals surface area contributed by atoms with E-state index in [2.05, 4.69) is 4.90 Å². The Morgan fingerprint density at radius 2 is 2.32 bits per heavy atom. The van der Waals surface area contributed by atoms with Gasteiger partial charge in [0.1, 0.15) is 5.75 Å². The molecule has 0 aromatic heterocycles. The van der Waals surface area contributed by atoms with Gasteiger partial charge in [-0.1, -0.05) is 11.6 Å². The van der Waals surface area contributed by atoms with Crippen LogP contribution in [-0.4, -0.2) is 36.2 Å². The van der Waals surface area contributed by atoms with Crippen molar-refractivity contribution in [1.82, 2.24) is 4.90 Å². The molecule has 104 valence electrons. The smallest absolute Gasteiger partial charge is 0.310 e. The van der Waals surface area contributed by atoms with E-state index in [1.54, 1.807) is 20.1 Å². The topological polar surface area (TPSA) is 49.8 Å². The first-order chi connectivity index (χ1) is 8.94. The van der Waals surface area contributed by atoms with E-state index < -0.39 is 11.4 Å². The number of methoxy groups -OCH3 is 1. The molecule has 0 saturated carbocycles. The molecule has 1 unspecified atom stereocenters. The van der Waals surface area contributed by atoms with Crippen molar-refractivity contribution in [2.45, 2.75) is 19.9 Å². The molecule has 0 bridgehead atoms. The number of benzene rings is 1. The van der Waals surface area contributed by atoms with Crippen LogP contribution in [0.15, 0.2) is 18.2 Å². The highest BCUT2D eigenvalue weighted by molar-refractivity contribution is 6.30. The van der Waals surface area contributed by atoms with Crippen molar-refractivity contribution in [3.05, 3.63) is 28.8 Å². The minimum Gasteiger partial charge on any atom is -0.496 e. The molecule has 2 rings (SSSR count). The molecule has 1 atom stereocenters. The van der Waals surface area contributed by atoms with Crippen LogP contribution in [-0.2, 0) is 11.3 Å². The van der Waals surface area contributed by atoms with Crippen molar-refractivity contribution in [2.24, 2.45) is 5.41 Å². The van der Waals surface area contributed by atoms with Crippen LogP contribution in [0.3, 0.4) is 0 Å². The molecule has 1 aromatic rings. The van der Waals surface area contributed by atoms with Gasteiger partial charge in [-0.25, -0.2) is 0 Å². The van der Waals surface area contributed by atoms with Gasteiger partial charge in [-0.2, -0.15) is 0 Å². The normalized spacial score (nSPS) is 23.5. The maximum atomic E-state index is 11.2. The summed E-state index contributed by atoms with van der Waals surface area (Å²) in [6.45, 7) is 3.79.